The Morgan fingerprint density at radius 3 is 2.07 bits per heavy atom. The fraction of sp³-hybridized carbons (Fsp3) is 0.538. The second kappa shape index (κ2) is 5.17. The van der Waals surface area contributed by atoms with Gasteiger partial charge in [0.25, 0.3) is 0 Å². The van der Waals surface area contributed by atoms with Gasteiger partial charge in [0.1, 0.15) is 12.4 Å². The highest BCUT2D eigenvalue weighted by Crippen LogP contribution is 2.24. The second-order valence-electron chi connectivity index (χ2n) is 4.38. The molecule has 0 aliphatic heterocycles. The van der Waals surface area contributed by atoms with Gasteiger partial charge in [-0.05, 0) is 46.0 Å². The summed E-state index contributed by atoms with van der Waals surface area (Å²) in [6.07, 6.45) is 0. The van der Waals surface area contributed by atoms with Gasteiger partial charge in [-0.2, -0.15) is 0 Å². The van der Waals surface area contributed by atoms with Gasteiger partial charge in [-0.3, -0.25) is 0 Å². The van der Waals surface area contributed by atoms with E-state index in [0.29, 0.717) is 0 Å². The molecule has 2 nitrogen and oxygen atoms in total. The lowest BCUT2D eigenvalue weighted by atomic mass is 10.1. The van der Waals surface area contributed by atoms with Crippen LogP contribution in [0.4, 0.5) is 0 Å². The smallest absolute Gasteiger partial charge is 0.125 e. The van der Waals surface area contributed by atoms with E-state index in [4.69, 9.17) is 4.74 Å². The largest absolute Gasteiger partial charge is 0.492 e. The maximum absolute atomic E-state index is 5.79. The van der Waals surface area contributed by atoms with Crippen LogP contribution in [0.5, 0.6) is 5.75 Å². The van der Waals surface area contributed by atoms with Crippen molar-refractivity contribution in [2.24, 2.45) is 0 Å². The van der Waals surface area contributed by atoms with Crippen LogP contribution in [0.2, 0.25) is 0 Å². The van der Waals surface area contributed by atoms with Crippen molar-refractivity contribution in [3.63, 3.8) is 0 Å². The van der Waals surface area contributed by atoms with Crippen molar-refractivity contribution in [3.8, 4) is 5.75 Å². The first kappa shape index (κ1) is 12.1. The Morgan fingerprint density at radius 2 is 1.60 bits per heavy atom. The Morgan fingerprint density at radius 1 is 1.07 bits per heavy atom. The molecule has 0 N–H and O–H groups in total. The van der Waals surface area contributed by atoms with Gasteiger partial charge in [0.05, 0.1) is 0 Å². The zero-order valence-electron chi connectivity index (χ0n) is 10.4. The summed E-state index contributed by atoms with van der Waals surface area (Å²) in [5, 5.41) is 0. The fourth-order valence-electron chi connectivity index (χ4n) is 1.72. The van der Waals surface area contributed by atoms with E-state index >= 15 is 0 Å². The van der Waals surface area contributed by atoms with Gasteiger partial charge in [-0.1, -0.05) is 17.7 Å². The molecule has 0 amide bonds. The first-order chi connectivity index (χ1) is 7.00. The number of benzene rings is 1. The van der Waals surface area contributed by atoms with Crippen molar-refractivity contribution in [1.29, 1.82) is 0 Å². The molecule has 0 aliphatic carbocycles. The van der Waals surface area contributed by atoms with Gasteiger partial charge in [-0.15, -0.1) is 0 Å². The van der Waals surface area contributed by atoms with Crippen LogP contribution in [0.3, 0.4) is 0 Å². The fourth-order valence-corrected chi connectivity index (χ4v) is 1.72. The Labute approximate surface area is 92.9 Å². The van der Waals surface area contributed by atoms with Gasteiger partial charge < -0.3 is 9.64 Å². The molecular weight excluding hydrogens is 186 g/mol. The SMILES string of the molecule is Cc1cc(C)c(OCCN(C)C)c(C)c1. The minimum atomic E-state index is 0.748. The molecule has 2 heteroatoms. The molecule has 0 heterocycles. The summed E-state index contributed by atoms with van der Waals surface area (Å²) < 4.78 is 5.79. The predicted molar refractivity (Wildman–Crippen MR) is 64.7 cm³/mol. The maximum Gasteiger partial charge on any atom is 0.125 e. The van der Waals surface area contributed by atoms with Crippen molar-refractivity contribution < 1.29 is 4.74 Å². The number of hydrogen-bond donors (Lipinski definition) is 0. The van der Waals surface area contributed by atoms with Crippen molar-refractivity contribution in [2.45, 2.75) is 20.8 Å². The first-order valence-corrected chi connectivity index (χ1v) is 5.36. The first-order valence-electron chi connectivity index (χ1n) is 5.36. The summed E-state index contributed by atoms with van der Waals surface area (Å²) in [5.74, 6) is 1.04. The standard InChI is InChI=1S/C13H21NO/c1-10-8-11(2)13(12(3)9-10)15-7-6-14(4)5/h8-9H,6-7H2,1-5H3. The lowest BCUT2D eigenvalue weighted by molar-refractivity contribution is 0.259. The number of ether oxygens (including phenoxy) is 1. The molecule has 1 rings (SSSR count). The van der Waals surface area contributed by atoms with Gasteiger partial charge in [-0.25, -0.2) is 0 Å². The molecule has 15 heavy (non-hydrogen) atoms. The van der Waals surface area contributed by atoms with Crippen LogP contribution < -0.4 is 4.74 Å². The highest BCUT2D eigenvalue weighted by atomic mass is 16.5. The summed E-state index contributed by atoms with van der Waals surface area (Å²) in [6, 6.07) is 4.33. The van der Waals surface area contributed by atoms with E-state index < -0.39 is 0 Å². The van der Waals surface area contributed by atoms with Crippen LogP contribution in [0.15, 0.2) is 12.1 Å². The summed E-state index contributed by atoms with van der Waals surface area (Å²) in [5.41, 5.74) is 3.75. The molecular formula is C13H21NO. The molecule has 1 aromatic carbocycles. The van der Waals surface area contributed by atoms with Crippen LogP contribution in [0.25, 0.3) is 0 Å². The van der Waals surface area contributed by atoms with E-state index in [1.807, 2.05) is 0 Å². The van der Waals surface area contributed by atoms with Crippen molar-refractivity contribution in [3.05, 3.63) is 28.8 Å². The normalized spacial score (nSPS) is 10.8. The monoisotopic (exact) mass is 207 g/mol. The predicted octanol–water partition coefficient (Wildman–Crippen LogP) is 2.55. The van der Waals surface area contributed by atoms with E-state index in [9.17, 15) is 0 Å². The van der Waals surface area contributed by atoms with Gasteiger partial charge in [0, 0.05) is 6.54 Å². The van der Waals surface area contributed by atoms with E-state index in [-0.39, 0.29) is 0 Å². The van der Waals surface area contributed by atoms with Crippen molar-refractivity contribution in [1.82, 2.24) is 4.90 Å². The minimum absolute atomic E-state index is 0.748. The van der Waals surface area contributed by atoms with E-state index in [0.717, 1.165) is 18.9 Å². The summed E-state index contributed by atoms with van der Waals surface area (Å²) in [7, 11) is 4.11. The number of likely N-dealkylation sites (N-methyl/N-ethyl adjacent to an activating group) is 1. The van der Waals surface area contributed by atoms with E-state index in [1.54, 1.807) is 0 Å². The topological polar surface area (TPSA) is 12.5 Å². The van der Waals surface area contributed by atoms with Crippen LogP contribution in [0, 0.1) is 20.8 Å². The number of hydrogen-bond acceptors (Lipinski definition) is 2. The van der Waals surface area contributed by atoms with Crippen LogP contribution >= 0.6 is 0 Å². The molecule has 0 unspecified atom stereocenters. The molecule has 1 aromatic rings. The molecule has 0 aliphatic rings. The molecule has 84 valence electrons. The number of rotatable bonds is 4. The van der Waals surface area contributed by atoms with Crippen molar-refractivity contribution >= 4 is 0 Å². The highest BCUT2D eigenvalue weighted by Gasteiger charge is 2.04. The summed E-state index contributed by atoms with van der Waals surface area (Å²) >= 11 is 0. The molecule has 0 spiro atoms. The molecule has 0 atom stereocenters. The number of aryl methyl sites for hydroxylation is 3. The van der Waals surface area contributed by atoms with Gasteiger partial charge >= 0.3 is 0 Å². The molecule has 0 aromatic heterocycles. The van der Waals surface area contributed by atoms with Gasteiger partial charge in [0.2, 0.25) is 0 Å². The quantitative estimate of drug-likeness (QED) is 0.752. The summed E-state index contributed by atoms with van der Waals surface area (Å²) in [6.45, 7) is 8.02. The van der Waals surface area contributed by atoms with Crippen LogP contribution in [0.1, 0.15) is 16.7 Å². The second-order valence-corrected chi connectivity index (χ2v) is 4.38. The minimum Gasteiger partial charge on any atom is -0.492 e. The van der Waals surface area contributed by atoms with E-state index in [2.05, 4.69) is 51.9 Å². The maximum atomic E-state index is 5.79. The van der Waals surface area contributed by atoms with Crippen LogP contribution in [-0.2, 0) is 0 Å². The molecule has 0 bridgehead atoms. The molecule has 0 saturated heterocycles. The Balaban J connectivity index is 2.68. The zero-order chi connectivity index (χ0) is 11.4. The number of nitrogens with zero attached hydrogens (tertiary/aromatic N) is 1. The van der Waals surface area contributed by atoms with Gasteiger partial charge in [0.15, 0.2) is 0 Å². The summed E-state index contributed by atoms with van der Waals surface area (Å²) in [4.78, 5) is 2.12. The third kappa shape index (κ3) is 3.56. The third-order valence-electron chi connectivity index (χ3n) is 2.39. The molecule has 0 radical (unpaired) electrons. The zero-order valence-corrected chi connectivity index (χ0v) is 10.4. The Kier molecular flexibility index (Phi) is 4.15. The Bertz CT molecular complexity index is 308. The average Bonchev–Trinajstić information content (AvgIpc) is 2.08. The highest BCUT2D eigenvalue weighted by molar-refractivity contribution is 5.42. The lowest BCUT2D eigenvalue weighted by Crippen LogP contribution is -2.19. The van der Waals surface area contributed by atoms with E-state index in [1.165, 1.54) is 16.7 Å². The molecule has 0 fully saturated rings. The van der Waals surface area contributed by atoms with Crippen molar-refractivity contribution in [2.75, 3.05) is 27.2 Å². The Hall–Kier alpha value is -1.02. The molecule has 0 saturated carbocycles. The lowest BCUT2D eigenvalue weighted by Gasteiger charge is -2.15. The van der Waals surface area contributed by atoms with Crippen LogP contribution in [-0.4, -0.2) is 32.1 Å². The third-order valence-corrected chi connectivity index (χ3v) is 2.39. The average molecular weight is 207 g/mol.